The van der Waals surface area contributed by atoms with Crippen molar-refractivity contribution < 1.29 is 56.2 Å². The van der Waals surface area contributed by atoms with Crippen LogP contribution in [0.3, 0.4) is 0 Å². The first-order chi connectivity index (χ1) is 17.4. The van der Waals surface area contributed by atoms with Gasteiger partial charge in [-0.25, -0.2) is 4.39 Å². The van der Waals surface area contributed by atoms with Gasteiger partial charge < -0.3 is 20.5 Å². The van der Waals surface area contributed by atoms with Gasteiger partial charge in [-0.05, 0) is 24.1 Å². The van der Waals surface area contributed by atoms with Gasteiger partial charge in [-0.1, -0.05) is 69.7 Å². The topological polar surface area (TPSA) is 88.4 Å². The molecule has 0 aromatic heterocycles. The normalized spacial score (nSPS) is 10.8. The van der Waals surface area contributed by atoms with E-state index in [4.69, 9.17) is 10.5 Å². The van der Waals surface area contributed by atoms with Crippen molar-refractivity contribution in [2.45, 2.75) is 12.8 Å². The fraction of sp³-hybridized carbons (Fsp3) is 0.259. The molecular weight excluding hydrogens is 588 g/mol. The average Bonchev–Trinajstić information content (AvgIpc) is 2.89. The first-order valence-electron chi connectivity index (χ1n) is 11.2. The molecule has 2 amide bonds. The van der Waals surface area contributed by atoms with Crippen LogP contribution in [0.1, 0.15) is 18.4 Å². The van der Waals surface area contributed by atoms with Crippen molar-refractivity contribution in [2.75, 3.05) is 37.1 Å². The standard InChI is InChI=1S/C21H17FNO.C6H13NO3S2.Y/c1-15(21(24)23-18-10-6-3-7-11-18)17-12-13-19(20(22)14-17)16-8-4-2-5-9-16;1-9-2-4-11-12-5-3-10-6(7)8;/h2,4-15H,1H3,(H,23,24);2-5H2,1H3,(H2,7,8);/q-1;;/p-1. The number of ether oxygens (including phenoxy) is 2. The second-order valence-corrected chi connectivity index (χ2v) is 10.1. The van der Waals surface area contributed by atoms with Gasteiger partial charge in [-0.2, -0.15) is 18.2 Å². The molecule has 0 spiro atoms. The summed E-state index contributed by atoms with van der Waals surface area (Å²) in [5.41, 5.74) is 9.12. The van der Waals surface area contributed by atoms with Crippen molar-refractivity contribution in [1.29, 1.82) is 0 Å². The molecule has 37 heavy (non-hydrogen) atoms. The molecule has 6 nitrogen and oxygen atoms in total. The number of hydrogen-bond acceptors (Lipinski definition) is 6. The van der Waals surface area contributed by atoms with E-state index in [2.05, 4.69) is 16.1 Å². The van der Waals surface area contributed by atoms with Crippen molar-refractivity contribution in [2.24, 2.45) is 0 Å². The first kappa shape index (κ1) is 33.1. The van der Waals surface area contributed by atoms with E-state index in [9.17, 15) is 14.0 Å². The monoisotopic (exact) mass is 617 g/mol. The predicted octanol–water partition coefficient (Wildman–Crippen LogP) is 7.24. The molecule has 0 aliphatic heterocycles. The van der Waals surface area contributed by atoms with Crippen LogP contribution in [0.15, 0.2) is 72.8 Å². The molecule has 3 aromatic carbocycles. The maximum absolute atomic E-state index is 14.5. The molecule has 1 radical (unpaired) electrons. The van der Waals surface area contributed by atoms with Crippen molar-refractivity contribution in [1.82, 2.24) is 0 Å². The largest absolute Gasteiger partial charge is 0.632 e. The number of methoxy groups -OCH3 is 1. The van der Waals surface area contributed by atoms with Gasteiger partial charge >= 0.3 is 0 Å². The summed E-state index contributed by atoms with van der Waals surface area (Å²) in [5.74, 6) is 0.698. The minimum Gasteiger partial charge on any atom is -0.632 e. The molecule has 2 N–H and O–H groups in total. The number of halogens is 1. The van der Waals surface area contributed by atoms with Gasteiger partial charge in [0.1, 0.15) is 5.82 Å². The molecule has 3 aromatic rings. The average molecular weight is 618 g/mol. The molecule has 0 bridgehead atoms. The number of hydrogen-bond donors (Lipinski definition) is 1. The SMILES string of the molecule is CC(C(=O)Nc1cc[c-]cc1)c1ccc(-c2ccccc2)c(F)c1.COCCSSCCOC([NH-])=O.[Y]. The summed E-state index contributed by atoms with van der Waals surface area (Å²) in [6, 6.07) is 24.2. The minimum atomic E-state index is -0.961. The minimum absolute atomic E-state index is 0. The van der Waals surface area contributed by atoms with Crippen LogP contribution in [0, 0.1) is 11.9 Å². The van der Waals surface area contributed by atoms with E-state index in [0.717, 1.165) is 23.7 Å². The van der Waals surface area contributed by atoms with Crippen LogP contribution in [0.5, 0.6) is 0 Å². The summed E-state index contributed by atoms with van der Waals surface area (Å²) >= 11 is 0. The second-order valence-electron chi connectivity index (χ2n) is 7.38. The molecule has 1 atom stereocenters. The first-order valence-corrected chi connectivity index (χ1v) is 13.6. The van der Waals surface area contributed by atoms with Crippen molar-refractivity contribution in [3.8, 4) is 11.1 Å². The van der Waals surface area contributed by atoms with Crippen molar-refractivity contribution in [3.63, 3.8) is 0 Å². The number of rotatable bonds is 11. The van der Waals surface area contributed by atoms with Crippen LogP contribution in [0.2, 0.25) is 0 Å². The van der Waals surface area contributed by atoms with Crippen LogP contribution in [0.25, 0.3) is 16.9 Å². The summed E-state index contributed by atoms with van der Waals surface area (Å²) in [4.78, 5) is 22.3. The third kappa shape index (κ3) is 12.9. The Bertz CT molecular complexity index is 1080. The Labute approximate surface area is 250 Å². The number of nitrogens with one attached hydrogen (secondary N) is 2. The number of anilines is 1. The Morgan fingerprint density at radius 2 is 1.68 bits per heavy atom. The van der Waals surface area contributed by atoms with E-state index in [0.29, 0.717) is 23.4 Å². The van der Waals surface area contributed by atoms with E-state index in [1.54, 1.807) is 72.0 Å². The van der Waals surface area contributed by atoms with Crippen LogP contribution in [-0.2, 0) is 47.0 Å². The number of amides is 2. The van der Waals surface area contributed by atoms with Crippen LogP contribution < -0.4 is 5.32 Å². The van der Waals surface area contributed by atoms with Crippen LogP contribution in [-0.4, -0.2) is 43.8 Å². The molecule has 0 aliphatic rings. The zero-order valence-corrected chi connectivity index (χ0v) is 25.2. The number of carbonyl (C=O) groups is 2. The van der Waals surface area contributed by atoms with E-state index in [1.165, 1.54) is 6.07 Å². The smallest absolute Gasteiger partial charge is 0.229 e. The maximum atomic E-state index is 14.5. The van der Waals surface area contributed by atoms with Gasteiger partial charge in [-0.3, -0.25) is 9.59 Å². The molecule has 0 fully saturated rings. The van der Waals surface area contributed by atoms with E-state index < -0.39 is 12.0 Å². The third-order valence-electron chi connectivity index (χ3n) is 4.81. The van der Waals surface area contributed by atoms with Gasteiger partial charge in [0.15, 0.2) is 0 Å². The van der Waals surface area contributed by atoms with Gasteiger partial charge in [-0.15, -0.1) is 12.1 Å². The Balaban J connectivity index is 0.000000451. The molecular formula is C27H29FN2O4S2Y-2. The van der Waals surface area contributed by atoms with Gasteiger partial charge in [0.05, 0.1) is 19.1 Å². The summed E-state index contributed by atoms with van der Waals surface area (Å²) in [7, 11) is 4.94. The Morgan fingerprint density at radius 1 is 1.03 bits per heavy atom. The van der Waals surface area contributed by atoms with E-state index in [1.807, 2.05) is 30.3 Å². The third-order valence-corrected chi connectivity index (χ3v) is 7.14. The molecule has 0 aliphatic carbocycles. The zero-order chi connectivity index (χ0) is 26.2. The molecule has 0 heterocycles. The molecule has 3 rings (SSSR count). The summed E-state index contributed by atoms with van der Waals surface area (Å²) in [6.07, 6.45) is -0.961. The fourth-order valence-corrected chi connectivity index (χ4v) is 4.67. The molecule has 0 saturated heterocycles. The molecule has 0 saturated carbocycles. The molecule has 1 unspecified atom stereocenters. The van der Waals surface area contributed by atoms with Crippen LogP contribution >= 0.6 is 21.6 Å². The summed E-state index contributed by atoms with van der Waals surface area (Å²) in [6.45, 7) is 2.81. The maximum Gasteiger partial charge on any atom is 0.229 e. The van der Waals surface area contributed by atoms with Crippen molar-refractivity contribution >= 4 is 39.3 Å². The molecule has 195 valence electrons. The van der Waals surface area contributed by atoms with Crippen molar-refractivity contribution in [3.05, 3.63) is 96.0 Å². The van der Waals surface area contributed by atoms with Gasteiger partial charge in [0.25, 0.3) is 0 Å². The second kappa shape index (κ2) is 19.2. The quantitative estimate of drug-likeness (QED) is 0.139. The summed E-state index contributed by atoms with van der Waals surface area (Å²) in [5, 5.41) is 2.82. The zero-order valence-electron chi connectivity index (χ0n) is 20.7. The predicted molar refractivity (Wildman–Crippen MR) is 147 cm³/mol. The summed E-state index contributed by atoms with van der Waals surface area (Å²) < 4.78 is 23.7. The van der Waals surface area contributed by atoms with Crippen LogP contribution in [0.4, 0.5) is 14.9 Å². The number of benzene rings is 3. The van der Waals surface area contributed by atoms with Gasteiger partial charge in [0.2, 0.25) is 12.0 Å². The van der Waals surface area contributed by atoms with Gasteiger partial charge in [0, 0.05) is 56.9 Å². The Kier molecular flexibility index (Phi) is 17.2. The molecule has 10 heteroatoms. The Morgan fingerprint density at radius 3 is 2.27 bits per heavy atom. The fourth-order valence-electron chi connectivity index (χ4n) is 2.93. The Hall–Kier alpha value is -1.91. The number of carbonyl (C=O) groups excluding carboxylic acids is 2. The van der Waals surface area contributed by atoms with E-state index >= 15 is 0 Å². The van der Waals surface area contributed by atoms with E-state index in [-0.39, 0.29) is 44.4 Å².